The molecular weight excluding hydrogens is 382 g/mol. The van der Waals surface area contributed by atoms with E-state index >= 15 is 0 Å². The van der Waals surface area contributed by atoms with Crippen LogP contribution in [0.2, 0.25) is 0 Å². The number of unbranched alkanes of at least 4 members (excludes halogenated alkanes) is 4. The van der Waals surface area contributed by atoms with Crippen LogP contribution in [0.15, 0.2) is 28.7 Å². The molecule has 0 saturated heterocycles. The van der Waals surface area contributed by atoms with E-state index in [1.165, 1.54) is 19.3 Å². The number of ether oxygens (including phenoxy) is 1. The average molecular weight is 412 g/mol. The molecule has 0 aliphatic rings. The Labute approximate surface area is 159 Å². The van der Waals surface area contributed by atoms with E-state index in [0.29, 0.717) is 23.1 Å². The van der Waals surface area contributed by atoms with Crippen molar-refractivity contribution in [3.05, 3.63) is 34.3 Å². The maximum Gasteiger partial charge on any atom is 0.328 e. The van der Waals surface area contributed by atoms with E-state index in [9.17, 15) is 9.59 Å². The number of hydrogen-bond acceptors (Lipinski definition) is 3. The van der Waals surface area contributed by atoms with Gasteiger partial charge in [-0.05, 0) is 46.8 Å². The zero-order valence-electron chi connectivity index (χ0n) is 15.5. The lowest BCUT2D eigenvalue weighted by Gasteiger charge is -2.20. The molecule has 0 heterocycles. The van der Waals surface area contributed by atoms with Gasteiger partial charge in [0.15, 0.2) is 0 Å². The predicted octanol–water partition coefficient (Wildman–Crippen LogP) is 5.11. The lowest BCUT2D eigenvalue weighted by molar-refractivity contribution is -0.146. The summed E-state index contributed by atoms with van der Waals surface area (Å²) in [6.07, 6.45) is 6.08. The zero-order valence-corrected chi connectivity index (χ0v) is 17.1. The molecule has 5 heteroatoms. The van der Waals surface area contributed by atoms with E-state index in [2.05, 4.69) is 28.2 Å². The third-order valence-electron chi connectivity index (χ3n) is 3.91. The first-order valence-electron chi connectivity index (χ1n) is 9.17. The van der Waals surface area contributed by atoms with Crippen LogP contribution in [0.4, 0.5) is 0 Å². The van der Waals surface area contributed by atoms with E-state index < -0.39 is 6.04 Å². The summed E-state index contributed by atoms with van der Waals surface area (Å²) in [7, 11) is 0. The summed E-state index contributed by atoms with van der Waals surface area (Å²) in [6.45, 7) is 6.64. The van der Waals surface area contributed by atoms with Crippen molar-refractivity contribution in [3.8, 4) is 0 Å². The summed E-state index contributed by atoms with van der Waals surface area (Å²) in [4.78, 5) is 24.8. The number of carbonyl (C=O) groups is 2. The lowest BCUT2D eigenvalue weighted by atomic mass is 10.0. The van der Waals surface area contributed by atoms with Gasteiger partial charge in [0.2, 0.25) is 0 Å². The van der Waals surface area contributed by atoms with Crippen LogP contribution in [0, 0.1) is 5.92 Å². The van der Waals surface area contributed by atoms with Crippen LogP contribution >= 0.6 is 15.9 Å². The van der Waals surface area contributed by atoms with Crippen LogP contribution in [-0.2, 0) is 9.53 Å². The highest BCUT2D eigenvalue weighted by molar-refractivity contribution is 9.10. The molecule has 0 saturated carbocycles. The molecular formula is C20H30BrNO3. The second-order valence-electron chi connectivity index (χ2n) is 6.72. The monoisotopic (exact) mass is 411 g/mol. The molecule has 0 spiro atoms. The summed E-state index contributed by atoms with van der Waals surface area (Å²) >= 11 is 3.37. The fraction of sp³-hybridized carbons (Fsp3) is 0.600. The standard InChI is InChI=1S/C20H30BrNO3/c1-4-5-6-7-10-13-25-20(24)18(14-15(2)3)22-19(23)16-11-8-9-12-17(16)21/h8-9,11-12,15,18H,4-7,10,13-14H2,1-3H3,(H,22,23). The van der Waals surface area contributed by atoms with Crippen molar-refractivity contribution in [3.63, 3.8) is 0 Å². The molecule has 4 nitrogen and oxygen atoms in total. The van der Waals surface area contributed by atoms with Crippen molar-refractivity contribution in [2.75, 3.05) is 6.61 Å². The van der Waals surface area contributed by atoms with E-state index in [1.54, 1.807) is 18.2 Å². The topological polar surface area (TPSA) is 55.4 Å². The number of esters is 1. The van der Waals surface area contributed by atoms with Gasteiger partial charge in [-0.2, -0.15) is 0 Å². The van der Waals surface area contributed by atoms with Crippen molar-refractivity contribution in [2.24, 2.45) is 5.92 Å². The van der Waals surface area contributed by atoms with Crippen molar-refractivity contribution in [1.82, 2.24) is 5.32 Å². The summed E-state index contributed by atoms with van der Waals surface area (Å²) in [6, 6.07) is 6.56. The van der Waals surface area contributed by atoms with Crippen LogP contribution in [0.3, 0.4) is 0 Å². The molecule has 0 aliphatic heterocycles. The third kappa shape index (κ3) is 8.52. The first-order chi connectivity index (χ1) is 12.0. The number of nitrogens with one attached hydrogen (secondary N) is 1. The van der Waals surface area contributed by atoms with Gasteiger partial charge in [-0.1, -0.05) is 58.6 Å². The smallest absolute Gasteiger partial charge is 0.328 e. The summed E-state index contributed by atoms with van der Waals surface area (Å²) in [5, 5.41) is 2.82. The van der Waals surface area contributed by atoms with Crippen molar-refractivity contribution in [1.29, 1.82) is 0 Å². The predicted molar refractivity (Wildman–Crippen MR) is 105 cm³/mol. The molecule has 25 heavy (non-hydrogen) atoms. The van der Waals surface area contributed by atoms with Gasteiger partial charge < -0.3 is 10.1 Å². The molecule has 0 bridgehead atoms. The molecule has 1 rings (SSSR count). The number of amides is 1. The Morgan fingerprint density at radius 2 is 1.80 bits per heavy atom. The zero-order chi connectivity index (χ0) is 18.7. The van der Waals surface area contributed by atoms with Crippen LogP contribution in [0.25, 0.3) is 0 Å². The third-order valence-corrected chi connectivity index (χ3v) is 4.60. The van der Waals surface area contributed by atoms with E-state index in [-0.39, 0.29) is 17.8 Å². The molecule has 0 aliphatic carbocycles. The molecule has 1 unspecified atom stereocenters. The van der Waals surface area contributed by atoms with Gasteiger partial charge in [-0.3, -0.25) is 4.79 Å². The fourth-order valence-corrected chi connectivity index (χ4v) is 3.01. The van der Waals surface area contributed by atoms with Crippen molar-refractivity contribution in [2.45, 2.75) is 65.3 Å². The highest BCUT2D eigenvalue weighted by Gasteiger charge is 2.24. The Morgan fingerprint density at radius 1 is 1.12 bits per heavy atom. The minimum absolute atomic E-state index is 0.266. The molecule has 1 atom stereocenters. The number of benzene rings is 1. The second kappa shape index (κ2) is 12.1. The van der Waals surface area contributed by atoms with Gasteiger partial charge in [0.25, 0.3) is 5.91 Å². The number of carbonyl (C=O) groups excluding carboxylic acids is 2. The van der Waals surface area contributed by atoms with Crippen LogP contribution in [-0.4, -0.2) is 24.5 Å². The van der Waals surface area contributed by atoms with Crippen molar-refractivity contribution < 1.29 is 14.3 Å². The lowest BCUT2D eigenvalue weighted by Crippen LogP contribution is -2.43. The Balaban J connectivity index is 2.56. The SMILES string of the molecule is CCCCCCCOC(=O)C(CC(C)C)NC(=O)c1ccccc1Br. The molecule has 1 aromatic rings. The molecule has 1 aromatic carbocycles. The molecule has 0 fully saturated rings. The number of rotatable bonds is 11. The summed E-state index contributed by atoms with van der Waals surface area (Å²) in [5.41, 5.74) is 0.517. The van der Waals surface area contributed by atoms with Gasteiger partial charge in [-0.15, -0.1) is 0 Å². The van der Waals surface area contributed by atoms with Gasteiger partial charge in [0.1, 0.15) is 6.04 Å². The highest BCUT2D eigenvalue weighted by atomic mass is 79.9. The first kappa shape index (κ1) is 21.7. The Bertz CT molecular complexity index is 545. The Morgan fingerprint density at radius 3 is 2.44 bits per heavy atom. The highest BCUT2D eigenvalue weighted by Crippen LogP contribution is 2.16. The average Bonchev–Trinajstić information content (AvgIpc) is 2.57. The van der Waals surface area contributed by atoms with Gasteiger partial charge in [0.05, 0.1) is 12.2 Å². The molecule has 140 valence electrons. The minimum Gasteiger partial charge on any atom is -0.464 e. The molecule has 0 radical (unpaired) electrons. The fourth-order valence-electron chi connectivity index (χ4n) is 2.55. The molecule has 1 amide bonds. The van der Waals surface area contributed by atoms with E-state index in [1.807, 2.05) is 19.9 Å². The molecule has 1 N–H and O–H groups in total. The Hall–Kier alpha value is -1.36. The van der Waals surface area contributed by atoms with Gasteiger partial charge in [-0.25, -0.2) is 4.79 Å². The van der Waals surface area contributed by atoms with Gasteiger partial charge in [0, 0.05) is 4.47 Å². The largest absolute Gasteiger partial charge is 0.464 e. The number of hydrogen-bond donors (Lipinski definition) is 1. The summed E-state index contributed by atoms with van der Waals surface area (Å²) < 4.78 is 6.10. The minimum atomic E-state index is -0.616. The first-order valence-corrected chi connectivity index (χ1v) is 9.97. The van der Waals surface area contributed by atoms with E-state index in [0.717, 1.165) is 12.8 Å². The van der Waals surface area contributed by atoms with Crippen molar-refractivity contribution >= 4 is 27.8 Å². The van der Waals surface area contributed by atoms with E-state index in [4.69, 9.17) is 4.74 Å². The normalized spacial score (nSPS) is 12.0. The van der Waals surface area contributed by atoms with Crippen LogP contribution in [0.5, 0.6) is 0 Å². The second-order valence-corrected chi connectivity index (χ2v) is 7.57. The quantitative estimate of drug-likeness (QED) is 0.406. The van der Waals surface area contributed by atoms with Crippen LogP contribution < -0.4 is 5.32 Å². The molecule has 0 aromatic heterocycles. The summed E-state index contributed by atoms with van der Waals surface area (Å²) in [5.74, 6) is -0.329. The van der Waals surface area contributed by atoms with Crippen LogP contribution in [0.1, 0.15) is 69.7 Å². The maximum atomic E-state index is 12.5. The van der Waals surface area contributed by atoms with Gasteiger partial charge >= 0.3 is 5.97 Å². The number of halogens is 1. The Kier molecular flexibility index (Phi) is 10.5. The maximum absolute atomic E-state index is 12.5.